The molecule has 2 aromatic rings. The molecule has 0 atom stereocenters. The third-order valence-electron chi connectivity index (χ3n) is 2.83. The fraction of sp³-hybridized carbons (Fsp3) is 0.176. The third-order valence-corrected chi connectivity index (χ3v) is 3.03. The van der Waals surface area contributed by atoms with Gasteiger partial charge in [0.2, 0.25) is 0 Å². The van der Waals surface area contributed by atoms with Crippen LogP contribution >= 0.6 is 12.2 Å². The number of phenolic OH excluding ortho intramolecular Hbond substituents is 1. The molecule has 0 bridgehead atoms. The maximum absolute atomic E-state index is 12.3. The van der Waals surface area contributed by atoms with Crippen LogP contribution in [0.2, 0.25) is 0 Å². The Morgan fingerprint density at radius 2 is 1.91 bits per heavy atom. The summed E-state index contributed by atoms with van der Waals surface area (Å²) in [6.45, 7) is 3.78. The molecular formula is C17H18N2O3S. The maximum Gasteiger partial charge on any atom is 0.261 e. The second kappa shape index (κ2) is 7.60. The zero-order valence-corrected chi connectivity index (χ0v) is 13.7. The van der Waals surface area contributed by atoms with E-state index in [1.807, 2.05) is 13.8 Å². The summed E-state index contributed by atoms with van der Waals surface area (Å²) in [6, 6.07) is 13.4. The van der Waals surface area contributed by atoms with E-state index >= 15 is 0 Å². The zero-order valence-electron chi connectivity index (χ0n) is 12.9. The lowest BCUT2D eigenvalue weighted by Crippen LogP contribution is -2.34. The van der Waals surface area contributed by atoms with E-state index in [9.17, 15) is 9.90 Å². The molecule has 23 heavy (non-hydrogen) atoms. The number of hydrogen-bond donors (Lipinski definition) is 3. The monoisotopic (exact) mass is 330 g/mol. The second-order valence-corrected chi connectivity index (χ2v) is 5.53. The van der Waals surface area contributed by atoms with Gasteiger partial charge in [-0.2, -0.15) is 0 Å². The van der Waals surface area contributed by atoms with E-state index in [-0.39, 0.29) is 22.9 Å². The summed E-state index contributed by atoms with van der Waals surface area (Å²) in [5, 5.41) is 15.0. The van der Waals surface area contributed by atoms with Gasteiger partial charge in [-0.15, -0.1) is 0 Å². The van der Waals surface area contributed by atoms with Gasteiger partial charge in [0, 0.05) is 11.8 Å². The van der Waals surface area contributed by atoms with Crippen LogP contribution in [-0.2, 0) is 0 Å². The molecule has 0 fully saturated rings. The molecule has 1 amide bonds. The lowest BCUT2D eigenvalue weighted by molar-refractivity contribution is 0.0972. The lowest BCUT2D eigenvalue weighted by atomic mass is 10.2. The van der Waals surface area contributed by atoms with Crippen LogP contribution in [0.15, 0.2) is 48.5 Å². The zero-order chi connectivity index (χ0) is 16.8. The van der Waals surface area contributed by atoms with Crippen LogP contribution in [0.25, 0.3) is 0 Å². The van der Waals surface area contributed by atoms with Crippen LogP contribution in [0.5, 0.6) is 11.5 Å². The average Bonchev–Trinajstić information content (AvgIpc) is 2.46. The van der Waals surface area contributed by atoms with Gasteiger partial charge in [-0.1, -0.05) is 18.2 Å². The van der Waals surface area contributed by atoms with Crippen LogP contribution < -0.4 is 15.4 Å². The molecule has 0 aromatic heterocycles. The van der Waals surface area contributed by atoms with Crippen LogP contribution in [0.3, 0.4) is 0 Å². The molecular weight excluding hydrogens is 312 g/mol. The smallest absolute Gasteiger partial charge is 0.261 e. The molecule has 0 aliphatic heterocycles. The number of ether oxygens (including phenoxy) is 1. The quantitative estimate of drug-likeness (QED) is 0.750. The Hall–Kier alpha value is -2.60. The summed E-state index contributed by atoms with van der Waals surface area (Å²) >= 11 is 5.12. The summed E-state index contributed by atoms with van der Waals surface area (Å²) < 4.78 is 5.62. The number of aromatic hydroxyl groups is 1. The van der Waals surface area contributed by atoms with Crippen LogP contribution in [0.4, 0.5) is 5.69 Å². The highest BCUT2D eigenvalue weighted by Gasteiger charge is 2.14. The molecule has 0 heterocycles. The summed E-state index contributed by atoms with van der Waals surface area (Å²) in [4.78, 5) is 12.3. The Balaban J connectivity index is 2.05. The number of carbonyl (C=O) groups excluding carboxylic acids is 1. The van der Waals surface area contributed by atoms with E-state index in [4.69, 9.17) is 17.0 Å². The number of para-hydroxylation sites is 1. The number of benzene rings is 2. The SMILES string of the molecule is CC(C)Oc1ccccc1C(=O)NC(=S)Nc1cccc(O)c1. The third kappa shape index (κ3) is 4.96. The Kier molecular flexibility index (Phi) is 5.54. The van der Waals surface area contributed by atoms with Gasteiger partial charge in [0.1, 0.15) is 11.5 Å². The van der Waals surface area contributed by atoms with Crippen LogP contribution in [-0.4, -0.2) is 22.2 Å². The summed E-state index contributed by atoms with van der Waals surface area (Å²) in [5.41, 5.74) is 0.989. The standard InChI is InChI=1S/C17H18N2O3S/c1-11(2)22-15-9-4-3-8-14(15)16(21)19-17(23)18-12-6-5-7-13(20)10-12/h3-11,20H,1-2H3,(H2,18,19,21,23). The minimum atomic E-state index is -0.362. The molecule has 0 spiro atoms. The van der Waals surface area contributed by atoms with Crippen molar-refractivity contribution in [2.45, 2.75) is 20.0 Å². The van der Waals surface area contributed by atoms with Gasteiger partial charge in [-0.25, -0.2) is 0 Å². The van der Waals surface area contributed by atoms with Crippen LogP contribution in [0, 0.1) is 0 Å². The van der Waals surface area contributed by atoms with Gasteiger partial charge in [-0.05, 0) is 50.3 Å². The molecule has 0 saturated carbocycles. The second-order valence-electron chi connectivity index (χ2n) is 5.12. The molecule has 5 nitrogen and oxygen atoms in total. The molecule has 0 aliphatic rings. The van der Waals surface area contributed by atoms with Gasteiger partial charge < -0.3 is 15.2 Å². The molecule has 3 N–H and O–H groups in total. The number of carbonyl (C=O) groups is 1. The summed E-state index contributed by atoms with van der Waals surface area (Å²) in [5.74, 6) is 0.249. The first-order valence-electron chi connectivity index (χ1n) is 7.13. The van der Waals surface area contributed by atoms with E-state index in [1.54, 1.807) is 42.5 Å². The molecule has 6 heteroatoms. The fourth-order valence-corrected chi connectivity index (χ4v) is 2.14. The minimum absolute atomic E-state index is 0.0404. The van der Waals surface area contributed by atoms with Gasteiger partial charge in [0.15, 0.2) is 5.11 Å². The van der Waals surface area contributed by atoms with Gasteiger partial charge in [0.25, 0.3) is 5.91 Å². The Labute approximate surface area is 140 Å². The normalized spacial score (nSPS) is 10.2. The lowest BCUT2D eigenvalue weighted by Gasteiger charge is -2.14. The number of thiocarbonyl (C=S) groups is 1. The average molecular weight is 330 g/mol. The summed E-state index contributed by atoms with van der Waals surface area (Å²) in [7, 11) is 0. The van der Waals surface area contributed by atoms with Crippen molar-refractivity contribution < 1.29 is 14.6 Å². The number of nitrogens with one attached hydrogen (secondary N) is 2. The minimum Gasteiger partial charge on any atom is -0.508 e. The van der Waals surface area contributed by atoms with E-state index in [0.717, 1.165) is 0 Å². The molecule has 2 rings (SSSR count). The molecule has 120 valence electrons. The highest BCUT2D eigenvalue weighted by Crippen LogP contribution is 2.19. The topological polar surface area (TPSA) is 70.6 Å². The van der Waals surface area contributed by atoms with Gasteiger partial charge in [0.05, 0.1) is 11.7 Å². The molecule has 2 aromatic carbocycles. The predicted molar refractivity (Wildman–Crippen MR) is 94.0 cm³/mol. The Morgan fingerprint density at radius 1 is 1.17 bits per heavy atom. The number of phenols is 1. The van der Waals surface area contributed by atoms with Crippen molar-refractivity contribution in [3.8, 4) is 11.5 Å². The highest BCUT2D eigenvalue weighted by atomic mass is 32.1. The number of rotatable bonds is 4. The number of anilines is 1. The van der Waals surface area contributed by atoms with E-state index < -0.39 is 0 Å². The Morgan fingerprint density at radius 3 is 2.61 bits per heavy atom. The first-order chi connectivity index (χ1) is 11.0. The summed E-state index contributed by atoms with van der Waals surface area (Å²) in [6.07, 6.45) is -0.0404. The maximum atomic E-state index is 12.3. The molecule has 0 unspecified atom stereocenters. The van der Waals surface area contributed by atoms with E-state index in [1.165, 1.54) is 6.07 Å². The van der Waals surface area contributed by atoms with Crippen molar-refractivity contribution in [1.29, 1.82) is 0 Å². The van der Waals surface area contributed by atoms with Crippen molar-refractivity contribution >= 4 is 28.9 Å². The predicted octanol–water partition coefficient (Wildman–Crippen LogP) is 3.31. The first kappa shape index (κ1) is 16.8. The first-order valence-corrected chi connectivity index (χ1v) is 7.53. The fourth-order valence-electron chi connectivity index (χ4n) is 1.93. The van der Waals surface area contributed by atoms with Crippen molar-refractivity contribution in [3.05, 3.63) is 54.1 Å². The molecule has 0 saturated heterocycles. The van der Waals surface area contributed by atoms with Crippen molar-refractivity contribution in [3.63, 3.8) is 0 Å². The van der Waals surface area contributed by atoms with E-state index in [2.05, 4.69) is 10.6 Å². The van der Waals surface area contributed by atoms with Crippen molar-refractivity contribution in [2.75, 3.05) is 5.32 Å². The van der Waals surface area contributed by atoms with Crippen molar-refractivity contribution in [2.24, 2.45) is 0 Å². The van der Waals surface area contributed by atoms with Gasteiger partial charge in [-0.3, -0.25) is 10.1 Å². The largest absolute Gasteiger partial charge is 0.508 e. The van der Waals surface area contributed by atoms with Gasteiger partial charge >= 0.3 is 0 Å². The van der Waals surface area contributed by atoms with Crippen molar-refractivity contribution in [1.82, 2.24) is 5.32 Å². The van der Waals surface area contributed by atoms with Crippen LogP contribution in [0.1, 0.15) is 24.2 Å². The number of amides is 1. The Bertz CT molecular complexity index is 716. The van der Waals surface area contributed by atoms with E-state index in [0.29, 0.717) is 17.0 Å². The molecule has 0 radical (unpaired) electrons. The number of hydrogen-bond acceptors (Lipinski definition) is 4. The molecule has 0 aliphatic carbocycles. The highest BCUT2D eigenvalue weighted by molar-refractivity contribution is 7.80.